The number of carbonyl (C=O) groups excluding carboxylic acids is 1. The molecule has 1 aliphatic heterocycles. The van der Waals surface area contributed by atoms with Gasteiger partial charge in [-0.3, -0.25) is 4.79 Å². The average molecular weight is 542 g/mol. The van der Waals surface area contributed by atoms with Gasteiger partial charge in [-0.25, -0.2) is 4.79 Å². The molecule has 0 amide bonds. The molecule has 202 valence electrons. The van der Waals surface area contributed by atoms with Crippen LogP contribution in [0.5, 0.6) is 17.2 Å². The third kappa shape index (κ3) is 5.37. The number of benzene rings is 2. The third-order valence-corrected chi connectivity index (χ3v) is 6.98. The maximum absolute atomic E-state index is 13.8. The fourth-order valence-corrected chi connectivity index (χ4v) is 4.92. The number of pyridine rings is 1. The van der Waals surface area contributed by atoms with Crippen molar-refractivity contribution in [1.82, 2.24) is 4.57 Å². The minimum atomic E-state index is -0.900. The number of carbonyl (C=O) groups is 1. The van der Waals surface area contributed by atoms with E-state index in [1.165, 1.54) is 11.7 Å². The van der Waals surface area contributed by atoms with E-state index < -0.39 is 22.8 Å². The number of aromatic hydroxyl groups is 1. The number of esters is 1. The molecule has 2 aromatic carbocycles. The van der Waals surface area contributed by atoms with E-state index in [2.05, 4.69) is 0 Å². The molecule has 0 radical (unpaired) electrons. The quantitative estimate of drug-likeness (QED) is 0.292. The normalized spacial score (nSPS) is 14.3. The summed E-state index contributed by atoms with van der Waals surface area (Å²) in [4.78, 5) is 26.5. The van der Waals surface area contributed by atoms with Gasteiger partial charge in [-0.1, -0.05) is 55.8 Å². The van der Waals surface area contributed by atoms with Crippen LogP contribution in [-0.2, 0) is 16.0 Å². The number of rotatable bonds is 9. The number of halogens is 1. The Bertz CT molecular complexity index is 1370. The summed E-state index contributed by atoms with van der Waals surface area (Å²) in [6.07, 6.45) is 0.684. The Hall–Kier alpha value is -3.49. The van der Waals surface area contributed by atoms with E-state index in [0.717, 1.165) is 5.56 Å². The number of nitrogens with zero attached hydrogens (tertiary/aromatic N) is 1. The van der Waals surface area contributed by atoms with Crippen molar-refractivity contribution in [3.63, 3.8) is 0 Å². The maximum atomic E-state index is 13.8. The molecule has 0 saturated heterocycles. The van der Waals surface area contributed by atoms with Crippen molar-refractivity contribution in [2.45, 2.75) is 32.7 Å². The van der Waals surface area contributed by atoms with Crippen LogP contribution in [-0.4, -0.2) is 49.7 Å². The first-order valence-corrected chi connectivity index (χ1v) is 12.9. The van der Waals surface area contributed by atoms with Crippen LogP contribution < -0.4 is 15.0 Å². The first kappa shape index (κ1) is 27.5. The SMILES string of the molecule is COCCCOc1cc2c(cc1Cl)-c1c(c(O)c(C(=O)OC)c(=O)n1Cc1ccccc1)[C@H](C(C)C)CO2. The van der Waals surface area contributed by atoms with E-state index in [0.29, 0.717) is 53.0 Å². The Balaban J connectivity index is 2.00. The number of ether oxygens (including phenoxy) is 4. The molecule has 4 rings (SSSR count). The number of aromatic nitrogens is 1. The summed E-state index contributed by atoms with van der Waals surface area (Å²) in [6, 6.07) is 12.8. The highest BCUT2D eigenvalue weighted by Gasteiger charge is 2.36. The minimum Gasteiger partial charge on any atom is -0.506 e. The molecule has 1 atom stereocenters. The molecule has 3 aromatic rings. The van der Waals surface area contributed by atoms with Crippen molar-refractivity contribution in [1.29, 1.82) is 0 Å². The first-order valence-electron chi connectivity index (χ1n) is 12.5. The molecular weight excluding hydrogens is 510 g/mol. The van der Waals surface area contributed by atoms with Gasteiger partial charge in [0.15, 0.2) is 5.56 Å². The summed E-state index contributed by atoms with van der Waals surface area (Å²) in [5, 5.41) is 11.8. The lowest BCUT2D eigenvalue weighted by molar-refractivity contribution is 0.0594. The Labute approximate surface area is 226 Å². The third-order valence-electron chi connectivity index (χ3n) is 6.68. The van der Waals surface area contributed by atoms with Gasteiger partial charge in [-0.2, -0.15) is 0 Å². The van der Waals surface area contributed by atoms with Gasteiger partial charge in [0, 0.05) is 43.2 Å². The summed E-state index contributed by atoms with van der Waals surface area (Å²) in [7, 11) is 2.81. The summed E-state index contributed by atoms with van der Waals surface area (Å²) < 4.78 is 23.6. The van der Waals surface area contributed by atoms with Crippen LogP contribution in [0, 0.1) is 5.92 Å². The van der Waals surface area contributed by atoms with E-state index in [4.69, 9.17) is 30.5 Å². The Kier molecular flexibility index (Phi) is 8.64. The number of hydrogen-bond acceptors (Lipinski definition) is 7. The average Bonchev–Trinajstić information content (AvgIpc) is 3.06. The molecule has 8 nitrogen and oxygen atoms in total. The second kappa shape index (κ2) is 11.9. The van der Waals surface area contributed by atoms with E-state index in [9.17, 15) is 14.7 Å². The Morgan fingerprint density at radius 1 is 1.18 bits per heavy atom. The molecule has 0 bridgehead atoms. The van der Waals surface area contributed by atoms with Crippen LogP contribution >= 0.6 is 11.6 Å². The molecule has 38 heavy (non-hydrogen) atoms. The van der Waals surface area contributed by atoms with Gasteiger partial charge < -0.3 is 28.6 Å². The number of methoxy groups -OCH3 is 2. The lowest BCUT2D eigenvalue weighted by Crippen LogP contribution is -2.31. The summed E-state index contributed by atoms with van der Waals surface area (Å²) in [6.45, 7) is 5.31. The molecule has 0 fully saturated rings. The van der Waals surface area contributed by atoms with Crippen molar-refractivity contribution in [3.8, 4) is 28.5 Å². The standard InChI is InChI=1S/C29H32ClNO7/c1-17(2)20-16-38-22-14-23(37-12-8-11-35-3)21(30)13-19(22)26-24(20)27(32)25(29(34)36-4)28(33)31(26)15-18-9-6-5-7-10-18/h5-7,9-10,13-14,17,20,32H,8,11-12,15-16H2,1-4H3/t20-/m0/s1. The van der Waals surface area contributed by atoms with Crippen molar-refractivity contribution < 1.29 is 28.8 Å². The molecule has 1 aliphatic rings. The predicted molar refractivity (Wildman–Crippen MR) is 145 cm³/mol. The molecule has 0 aliphatic carbocycles. The molecule has 0 unspecified atom stereocenters. The zero-order chi connectivity index (χ0) is 27.4. The lowest BCUT2D eigenvalue weighted by atomic mass is 9.85. The van der Waals surface area contributed by atoms with Gasteiger partial charge in [0.25, 0.3) is 5.56 Å². The highest BCUT2D eigenvalue weighted by Crippen LogP contribution is 2.48. The molecule has 2 heterocycles. The fraction of sp³-hybridized carbons (Fsp3) is 0.379. The zero-order valence-electron chi connectivity index (χ0n) is 22.0. The summed E-state index contributed by atoms with van der Waals surface area (Å²) >= 11 is 6.65. The Morgan fingerprint density at radius 2 is 1.92 bits per heavy atom. The highest BCUT2D eigenvalue weighted by molar-refractivity contribution is 6.32. The molecule has 1 aromatic heterocycles. The van der Waals surface area contributed by atoms with Crippen molar-refractivity contribution in [3.05, 3.63) is 74.5 Å². The van der Waals surface area contributed by atoms with Gasteiger partial charge in [0.2, 0.25) is 0 Å². The summed E-state index contributed by atoms with van der Waals surface area (Å²) in [5.74, 6) is -0.726. The predicted octanol–water partition coefficient (Wildman–Crippen LogP) is 5.26. The molecule has 0 spiro atoms. The fourth-order valence-electron chi connectivity index (χ4n) is 4.70. The van der Waals surface area contributed by atoms with Gasteiger partial charge in [-0.05, 0) is 17.5 Å². The monoisotopic (exact) mass is 541 g/mol. The van der Waals surface area contributed by atoms with Crippen molar-refractivity contribution in [2.24, 2.45) is 5.92 Å². The van der Waals surface area contributed by atoms with Gasteiger partial charge in [0.1, 0.15) is 17.2 Å². The van der Waals surface area contributed by atoms with Crippen molar-refractivity contribution >= 4 is 17.6 Å². The van der Waals surface area contributed by atoms with Crippen LogP contribution in [0.15, 0.2) is 47.3 Å². The van der Waals surface area contributed by atoms with E-state index in [1.807, 2.05) is 44.2 Å². The van der Waals surface area contributed by atoms with Crippen LogP contribution in [0.2, 0.25) is 5.02 Å². The zero-order valence-corrected chi connectivity index (χ0v) is 22.7. The molecule has 0 saturated carbocycles. The van der Waals surface area contributed by atoms with Gasteiger partial charge in [-0.15, -0.1) is 0 Å². The second-order valence-corrected chi connectivity index (χ2v) is 9.90. The Morgan fingerprint density at radius 3 is 2.58 bits per heavy atom. The van der Waals surface area contributed by atoms with E-state index in [1.54, 1.807) is 19.2 Å². The van der Waals surface area contributed by atoms with E-state index >= 15 is 0 Å². The van der Waals surface area contributed by atoms with Crippen LogP contribution in [0.25, 0.3) is 11.3 Å². The van der Waals surface area contributed by atoms with Gasteiger partial charge in [0.05, 0.1) is 37.6 Å². The van der Waals surface area contributed by atoms with Crippen LogP contribution in [0.4, 0.5) is 0 Å². The molecule has 1 N–H and O–H groups in total. The minimum absolute atomic E-state index is 0.00220. The van der Waals surface area contributed by atoms with Crippen LogP contribution in [0.1, 0.15) is 47.7 Å². The highest BCUT2D eigenvalue weighted by atomic mass is 35.5. The first-order chi connectivity index (χ1) is 18.3. The number of fused-ring (bicyclic) bond motifs is 3. The van der Waals surface area contributed by atoms with E-state index in [-0.39, 0.29) is 25.0 Å². The van der Waals surface area contributed by atoms with Crippen LogP contribution in [0.3, 0.4) is 0 Å². The molecule has 9 heteroatoms. The largest absolute Gasteiger partial charge is 0.506 e. The lowest BCUT2D eigenvalue weighted by Gasteiger charge is -2.25. The molecular formula is C29H32ClNO7. The number of hydrogen-bond donors (Lipinski definition) is 1. The topological polar surface area (TPSA) is 96.2 Å². The smallest absolute Gasteiger partial charge is 0.347 e. The van der Waals surface area contributed by atoms with Gasteiger partial charge >= 0.3 is 5.97 Å². The maximum Gasteiger partial charge on any atom is 0.347 e. The second-order valence-electron chi connectivity index (χ2n) is 9.49. The summed E-state index contributed by atoms with van der Waals surface area (Å²) in [5.41, 5.74) is 1.19. The van der Waals surface area contributed by atoms with Crippen molar-refractivity contribution in [2.75, 3.05) is 34.0 Å².